The van der Waals surface area contributed by atoms with E-state index >= 15 is 0 Å². The molecule has 0 bridgehead atoms. The Morgan fingerprint density at radius 1 is 1.13 bits per heavy atom. The first-order chi connectivity index (χ1) is 18.0. The van der Waals surface area contributed by atoms with E-state index in [9.17, 15) is 19.2 Å². The third-order valence-corrected chi connectivity index (χ3v) is 8.57. The van der Waals surface area contributed by atoms with Crippen LogP contribution in [0, 0.1) is 5.41 Å². The van der Waals surface area contributed by atoms with Gasteiger partial charge in [0, 0.05) is 24.3 Å². The van der Waals surface area contributed by atoms with Crippen molar-refractivity contribution in [2.45, 2.75) is 110 Å². The Bertz CT molecular complexity index is 1040. The number of carbonyl (C=O) groups excluding carboxylic acids is 4. The highest BCUT2D eigenvalue weighted by molar-refractivity contribution is 8.00. The van der Waals surface area contributed by atoms with Gasteiger partial charge in [0.2, 0.25) is 25.0 Å². The summed E-state index contributed by atoms with van der Waals surface area (Å²) in [5.41, 5.74) is 0.390. The minimum atomic E-state index is -0.508. The molecule has 1 aromatic rings. The Morgan fingerprint density at radius 2 is 1.74 bits per heavy atom. The molecule has 0 radical (unpaired) electrons. The maximum atomic E-state index is 12.9. The van der Waals surface area contributed by atoms with Crippen molar-refractivity contribution in [1.29, 1.82) is 0 Å². The Kier molecular flexibility index (Phi) is 11.4. The summed E-state index contributed by atoms with van der Waals surface area (Å²) in [6.07, 6.45) is 2.05. The Balaban J connectivity index is 1.90. The maximum absolute atomic E-state index is 12.9. The minimum absolute atomic E-state index is 0.0232. The van der Waals surface area contributed by atoms with E-state index in [1.165, 1.54) is 16.7 Å². The molecule has 0 spiro atoms. The van der Waals surface area contributed by atoms with Crippen LogP contribution in [0.4, 0.5) is 5.69 Å². The molecule has 0 aliphatic carbocycles. The SMILES string of the molecule is CBC(=O)C(C)(C)COC(C)(C)CCC(C)NC(=O)CC(C)(C)c1ccc(N2C(=O)CC(SCC)C2=O)cc1. The van der Waals surface area contributed by atoms with Crippen LogP contribution in [0.5, 0.6) is 0 Å². The highest BCUT2D eigenvalue weighted by Crippen LogP contribution is 2.33. The lowest BCUT2D eigenvalue weighted by molar-refractivity contribution is -0.128. The van der Waals surface area contributed by atoms with Crippen molar-refractivity contribution < 1.29 is 23.9 Å². The number of rotatable bonds is 15. The van der Waals surface area contributed by atoms with Gasteiger partial charge in [0.25, 0.3) is 0 Å². The van der Waals surface area contributed by atoms with Crippen LogP contribution in [-0.4, -0.2) is 59.9 Å². The Hall–Kier alpha value is -2.13. The molecule has 1 heterocycles. The van der Waals surface area contributed by atoms with E-state index < -0.39 is 16.4 Å². The van der Waals surface area contributed by atoms with Gasteiger partial charge in [-0.2, -0.15) is 0 Å². The van der Waals surface area contributed by atoms with Crippen LogP contribution in [0.1, 0.15) is 86.6 Å². The average molecular weight is 559 g/mol. The van der Waals surface area contributed by atoms with Crippen molar-refractivity contribution in [3.05, 3.63) is 29.8 Å². The molecule has 7 nitrogen and oxygen atoms in total. The molecule has 216 valence electrons. The minimum Gasteiger partial charge on any atom is -0.375 e. The number of carbonyl (C=O) groups is 4. The fourth-order valence-corrected chi connectivity index (χ4v) is 5.65. The zero-order valence-corrected chi connectivity index (χ0v) is 26.1. The number of hydrogen-bond acceptors (Lipinski definition) is 6. The summed E-state index contributed by atoms with van der Waals surface area (Å²) in [5.74, 6) is 0.433. The predicted molar refractivity (Wildman–Crippen MR) is 162 cm³/mol. The third kappa shape index (κ3) is 9.20. The van der Waals surface area contributed by atoms with Gasteiger partial charge in [0.05, 0.1) is 28.8 Å². The third-order valence-electron chi connectivity index (χ3n) is 7.47. The molecule has 2 rings (SSSR count). The molecular weight excluding hydrogens is 511 g/mol. The summed E-state index contributed by atoms with van der Waals surface area (Å²) in [6.45, 7) is 18.1. The van der Waals surface area contributed by atoms with Gasteiger partial charge >= 0.3 is 0 Å². The molecule has 3 amide bonds. The van der Waals surface area contributed by atoms with Crippen LogP contribution >= 0.6 is 11.8 Å². The number of amides is 3. The van der Waals surface area contributed by atoms with E-state index in [0.717, 1.165) is 24.2 Å². The largest absolute Gasteiger partial charge is 0.375 e. The molecule has 1 N–H and O–H groups in total. The molecule has 1 aliphatic rings. The molecule has 9 heteroatoms. The van der Waals surface area contributed by atoms with Crippen LogP contribution < -0.4 is 10.2 Å². The molecule has 0 aromatic heterocycles. The van der Waals surface area contributed by atoms with Gasteiger partial charge in [-0.3, -0.25) is 14.4 Å². The summed E-state index contributed by atoms with van der Waals surface area (Å²) in [6, 6.07) is 7.37. The first kappa shape index (κ1) is 33.1. The summed E-state index contributed by atoms with van der Waals surface area (Å²) < 4.78 is 6.11. The standard InChI is InChI=1S/C30H47BN2O5S/c1-10-39-23-17-25(35)33(26(23)36)22-13-11-21(12-14-22)28(3,4)18-24(34)32-20(2)15-16-30(7,8)38-19-29(5,6)27(37)31-9/h11-14,20,23,31H,10,15-19H2,1-9H3,(H,32,34). The van der Waals surface area contributed by atoms with Crippen LogP contribution in [0.15, 0.2) is 24.3 Å². The monoisotopic (exact) mass is 558 g/mol. The van der Waals surface area contributed by atoms with Gasteiger partial charge in [0.15, 0.2) is 0 Å². The quantitative estimate of drug-likeness (QED) is 0.244. The topological polar surface area (TPSA) is 92.8 Å². The molecule has 2 atom stereocenters. The Morgan fingerprint density at radius 3 is 2.31 bits per heavy atom. The molecule has 1 aromatic carbocycles. The normalized spacial score (nSPS) is 17.4. The van der Waals surface area contributed by atoms with E-state index in [1.54, 1.807) is 12.1 Å². The number of benzene rings is 1. The second-order valence-corrected chi connectivity index (χ2v) is 14.0. The van der Waals surface area contributed by atoms with Crippen molar-refractivity contribution in [2.24, 2.45) is 5.41 Å². The molecule has 2 unspecified atom stereocenters. The van der Waals surface area contributed by atoms with Crippen molar-refractivity contribution in [1.82, 2.24) is 5.32 Å². The van der Waals surface area contributed by atoms with Crippen molar-refractivity contribution >= 4 is 48.1 Å². The molecular formula is C30H47BN2O5S. The highest BCUT2D eigenvalue weighted by Gasteiger charge is 2.39. The van der Waals surface area contributed by atoms with Crippen LogP contribution in [-0.2, 0) is 29.3 Å². The van der Waals surface area contributed by atoms with E-state index in [1.807, 2.05) is 74.3 Å². The number of thioether (sulfide) groups is 1. The van der Waals surface area contributed by atoms with Crippen LogP contribution in [0.25, 0.3) is 0 Å². The molecule has 1 fully saturated rings. The number of imide groups is 1. The van der Waals surface area contributed by atoms with E-state index in [0.29, 0.717) is 26.0 Å². The van der Waals surface area contributed by atoms with Crippen molar-refractivity contribution in [3.8, 4) is 0 Å². The number of nitrogens with zero attached hydrogens (tertiary/aromatic N) is 1. The summed E-state index contributed by atoms with van der Waals surface area (Å²) in [7, 11) is 0.497. The van der Waals surface area contributed by atoms with E-state index in [-0.39, 0.29) is 41.1 Å². The number of ether oxygens (including phenoxy) is 1. The molecule has 0 saturated carbocycles. The van der Waals surface area contributed by atoms with Crippen molar-refractivity contribution in [2.75, 3.05) is 17.3 Å². The van der Waals surface area contributed by atoms with E-state index in [2.05, 4.69) is 5.32 Å². The summed E-state index contributed by atoms with van der Waals surface area (Å²) in [5, 5.41) is 2.81. The van der Waals surface area contributed by atoms with Gasteiger partial charge in [-0.05, 0) is 62.5 Å². The number of anilines is 1. The van der Waals surface area contributed by atoms with Gasteiger partial charge in [-0.25, -0.2) is 4.90 Å². The lowest BCUT2D eigenvalue weighted by atomic mass is 9.65. The van der Waals surface area contributed by atoms with Gasteiger partial charge in [-0.1, -0.05) is 53.6 Å². The second kappa shape index (κ2) is 13.5. The molecule has 1 saturated heterocycles. The second-order valence-electron chi connectivity index (χ2n) is 12.5. The number of nitrogens with one attached hydrogen (secondary N) is 1. The predicted octanol–water partition coefficient (Wildman–Crippen LogP) is 4.86. The Labute approximate surface area is 239 Å². The lowest BCUT2D eigenvalue weighted by Gasteiger charge is -2.32. The number of hydrogen-bond donors (Lipinski definition) is 1. The summed E-state index contributed by atoms with van der Waals surface area (Å²) >= 11 is 1.50. The zero-order chi connectivity index (χ0) is 29.6. The first-order valence-electron chi connectivity index (χ1n) is 14.1. The fourth-order valence-electron chi connectivity index (χ4n) is 4.74. The highest BCUT2D eigenvalue weighted by atomic mass is 32.2. The maximum Gasteiger partial charge on any atom is 0.247 e. The van der Waals surface area contributed by atoms with Crippen LogP contribution in [0.2, 0.25) is 6.82 Å². The van der Waals surface area contributed by atoms with E-state index in [4.69, 9.17) is 4.74 Å². The molecule has 39 heavy (non-hydrogen) atoms. The first-order valence-corrected chi connectivity index (χ1v) is 15.1. The molecule has 1 aliphatic heterocycles. The average Bonchev–Trinajstić information content (AvgIpc) is 3.13. The van der Waals surface area contributed by atoms with Crippen molar-refractivity contribution in [3.63, 3.8) is 0 Å². The fraction of sp³-hybridized carbons (Fsp3) is 0.667. The van der Waals surface area contributed by atoms with Gasteiger partial charge < -0.3 is 14.8 Å². The zero-order valence-electron chi connectivity index (χ0n) is 25.3. The van der Waals surface area contributed by atoms with Gasteiger partial charge in [0.1, 0.15) is 0 Å². The smallest absolute Gasteiger partial charge is 0.247 e. The van der Waals surface area contributed by atoms with Crippen LogP contribution in [0.3, 0.4) is 0 Å². The van der Waals surface area contributed by atoms with Gasteiger partial charge in [-0.15, -0.1) is 11.8 Å². The summed E-state index contributed by atoms with van der Waals surface area (Å²) in [4.78, 5) is 51.5. The lowest BCUT2D eigenvalue weighted by Crippen LogP contribution is -2.39.